The van der Waals surface area contributed by atoms with Crippen LogP contribution in [0, 0.1) is 0 Å². The van der Waals surface area contributed by atoms with E-state index in [0.29, 0.717) is 5.56 Å². The third-order valence-corrected chi connectivity index (χ3v) is 4.26. The summed E-state index contributed by atoms with van der Waals surface area (Å²) in [6.07, 6.45) is 0. The second-order valence-electron chi connectivity index (χ2n) is 5.99. The zero-order chi connectivity index (χ0) is 15.8. The third kappa shape index (κ3) is 3.41. The third-order valence-electron chi connectivity index (χ3n) is 2.86. The van der Waals surface area contributed by atoms with Gasteiger partial charge in [-0.15, -0.1) is 0 Å². The molecule has 0 aromatic heterocycles. The van der Waals surface area contributed by atoms with Crippen LogP contribution in [0.4, 0.5) is 0 Å². The first-order valence-electron chi connectivity index (χ1n) is 6.62. The fourth-order valence-electron chi connectivity index (χ4n) is 1.96. The maximum Gasteiger partial charge on any atom is 0.263 e. The van der Waals surface area contributed by atoms with Crippen molar-refractivity contribution in [2.45, 2.75) is 44.2 Å². The molecular weight excluding hydrogens is 290 g/mol. The van der Waals surface area contributed by atoms with Crippen molar-refractivity contribution in [3.63, 3.8) is 0 Å². The van der Waals surface area contributed by atoms with E-state index in [2.05, 4.69) is 15.0 Å². The average molecular weight is 309 g/mol. The number of amides is 1. The summed E-state index contributed by atoms with van der Waals surface area (Å²) in [7, 11) is -3.57. The Morgan fingerprint density at radius 1 is 1.29 bits per heavy atom. The van der Waals surface area contributed by atoms with Crippen molar-refractivity contribution < 1.29 is 13.2 Å². The molecule has 2 N–H and O–H groups in total. The highest BCUT2D eigenvalue weighted by Gasteiger charge is 2.31. The lowest BCUT2D eigenvalue weighted by atomic mass is 10.1. The fourth-order valence-corrected chi connectivity index (χ4v) is 3.20. The molecule has 0 fully saturated rings. The highest BCUT2D eigenvalue weighted by Crippen LogP contribution is 2.22. The number of carbonyl (C=O) groups is 1. The van der Waals surface area contributed by atoms with Crippen LogP contribution < -0.4 is 10.0 Å². The smallest absolute Gasteiger partial charge is 0.263 e. The van der Waals surface area contributed by atoms with Gasteiger partial charge >= 0.3 is 0 Å². The summed E-state index contributed by atoms with van der Waals surface area (Å²) in [5, 5.41) is 2.81. The minimum absolute atomic E-state index is 0.187. The highest BCUT2D eigenvalue weighted by molar-refractivity contribution is 7.90. The SMILES string of the molecule is CC(N=C1NS(=O)(=O)c2ccccc21)C(=O)NC(C)(C)C. The first kappa shape index (κ1) is 15.5. The first-order chi connectivity index (χ1) is 9.60. The normalized spacial score (nSPS) is 19.7. The Hall–Kier alpha value is -1.89. The van der Waals surface area contributed by atoms with E-state index in [9.17, 15) is 13.2 Å². The monoisotopic (exact) mass is 309 g/mol. The Kier molecular flexibility index (Phi) is 3.79. The summed E-state index contributed by atoms with van der Waals surface area (Å²) in [5.41, 5.74) is 0.131. The molecule has 0 spiro atoms. The van der Waals surface area contributed by atoms with Gasteiger partial charge in [0.05, 0.1) is 4.90 Å². The molecule has 6 nitrogen and oxygen atoms in total. The van der Waals surface area contributed by atoms with Crippen LogP contribution in [0.25, 0.3) is 0 Å². The van der Waals surface area contributed by atoms with E-state index in [1.54, 1.807) is 25.1 Å². The van der Waals surface area contributed by atoms with Gasteiger partial charge in [-0.2, -0.15) is 0 Å². The molecule has 114 valence electrons. The number of carbonyl (C=O) groups excluding carboxylic acids is 1. The molecule has 0 saturated heterocycles. The Bertz CT molecular complexity index is 702. The molecule has 1 aliphatic rings. The zero-order valence-electron chi connectivity index (χ0n) is 12.5. The van der Waals surface area contributed by atoms with Crippen molar-refractivity contribution in [1.82, 2.24) is 10.0 Å². The van der Waals surface area contributed by atoms with Crippen LogP contribution in [-0.4, -0.2) is 31.7 Å². The van der Waals surface area contributed by atoms with Gasteiger partial charge in [0, 0.05) is 11.1 Å². The summed E-state index contributed by atoms with van der Waals surface area (Å²) in [6, 6.07) is 5.88. The molecular formula is C14H19N3O3S. The van der Waals surface area contributed by atoms with Gasteiger partial charge < -0.3 is 5.32 Å². The predicted octanol–water partition coefficient (Wildman–Crippen LogP) is 1.03. The second-order valence-corrected chi connectivity index (χ2v) is 7.65. The summed E-state index contributed by atoms with van der Waals surface area (Å²) in [6.45, 7) is 7.25. The van der Waals surface area contributed by atoms with Gasteiger partial charge in [-0.3, -0.25) is 14.5 Å². The number of nitrogens with zero attached hydrogens (tertiary/aromatic N) is 1. The van der Waals surface area contributed by atoms with Gasteiger partial charge in [0.15, 0.2) is 0 Å². The molecule has 1 amide bonds. The molecule has 21 heavy (non-hydrogen) atoms. The molecule has 0 radical (unpaired) electrons. The van der Waals surface area contributed by atoms with Crippen molar-refractivity contribution in [3.8, 4) is 0 Å². The molecule has 1 unspecified atom stereocenters. The quantitative estimate of drug-likeness (QED) is 0.855. The van der Waals surface area contributed by atoms with Crippen LogP contribution >= 0.6 is 0 Å². The van der Waals surface area contributed by atoms with Crippen molar-refractivity contribution in [1.29, 1.82) is 0 Å². The Morgan fingerprint density at radius 3 is 2.52 bits per heavy atom. The molecule has 1 atom stereocenters. The zero-order valence-corrected chi connectivity index (χ0v) is 13.3. The van der Waals surface area contributed by atoms with E-state index in [4.69, 9.17) is 0 Å². The van der Waals surface area contributed by atoms with Crippen molar-refractivity contribution in [2.75, 3.05) is 0 Å². The molecule has 0 aliphatic carbocycles. The van der Waals surface area contributed by atoms with Crippen molar-refractivity contribution in [3.05, 3.63) is 29.8 Å². The number of aliphatic imine (C=N–C) groups is 1. The van der Waals surface area contributed by atoms with Gasteiger partial charge in [-0.05, 0) is 39.8 Å². The van der Waals surface area contributed by atoms with E-state index in [-0.39, 0.29) is 22.2 Å². The average Bonchev–Trinajstić information content (AvgIpc) is 2.60. The summed E-state index contributed by atoms with van der Waals surface area (Å²) >= 11 is 0. The maximum absolute atomic E-state index is 12.0. The Morgan fingerprint density at radius 2 is 1.90 bits per heavy atom. The number of fused-ring (bicyclic) bond motifs is 1. The number of rotatable bonds is 2. The molecule has 1 aliphatic heterocycles. The second kappa shape index (κ2) is 5.14. The largest absolute Gasteiger partial charge is 0.350 e. The topological polar surface area (TPSA) is 87.6 Å². The van der Waals surface area contributed by atoms with Gasteiger partial charge in [-0.1, -0.05) is 12.1 Å². The number of hydrogen-bond donors (Lipinski definition) is 2. The lowest BCUT2D eigenvalue weighted by Gasteiger charge is -2.22. The van der Waals surface area contributed by atoms with Crippen LogP contribution in [0.3, 0.4) is 0 Å². The molecule has 1 aromatic carbocycles. The molecule has 2 rings (SSSR count). The van der Waals surface area contributed by atoms with Crippen LogP contribution in [0.2, 0.25) is 0 Å². The van der Waals surface area contributed by atoms with Crippen LogP contribution in [0.15, 0.2) is 34.2 Å². The minimum Gasteiger partial charge on any atom is -0.350 e. The lowest BCUT2D eigenvalue weighted by Crippen LogP contribution is -2.45. The van der Waals surface area contributed by atoms with Crippen LogP contribution in [0.1, 0.15) is 33.3 Å². The summed E-state index contributed by atoms with van der Waals surface area (Å²) in [5.74, 6) is -0.0410. The van der Waals surface area contributed by atoms with E-state index in [0.717, 1.165) is 0 Å². The van der Waals surface area contributed by atoms with Crippen LogP contribution in [0.5, 0.6) is 0 Å². The minimum atomic E-state index is -3.57. The summed E-state index contributed by atoms with van der Waals surface area (Å²) in [4.78, 5) is 16.4. The van der Waals surface area contributed by atoms with Gasteiger partial charge in [0.2, 0.25) is 5.91 Å². The van der Waals surface area contributed by atoms with Crippen LogP contribution in [-0.2, 0) is 14.8 Å². The van der Waals surface area contributed by atoms with Gasteiger partial charge in [0.25, 0.3) is 10.0 Å². The molecule has 7 heteroatoms. The Balaban J connectivity index is 2.30. The highest BCUT2D eigenvalue weighted by atomic mass is 32.2. The fraction of sp³-hybridized carbons (Fsp3) is 0.429. The first-order valence-corrected chi connectivity index (χ1v) is 8.10. The number of benzene rings is 1. The number of hydrogen-bond acceptors (Lipinski definition) is 4. The number of nitrogens with one attached hydrogen (secondary N) is 2. The van der Waals surface area contributed by atoms with E-state index in [1.807, 2.05) is 20.8 Å². The molecule has 0 bridgehead atoms. The van der Waals surface area contributed by atoms with Gasteiger partial charge in [0.1, 0.15) is 11.9 Å². The molecule has 1 aromatic rings. The van der Waals surface area contributed by atoms with E-state index in [1.165, 1.54) is 6.07 Å². The molecule has 0 saturated carbocycles. The lowest BCUT2D eigenvalue weighted by molar-refractivity contribution is -0.123. The standard InChI is InChI=1S/C14H19N3O3S/c1-9(13(18)16-14(2,3)4)15-12-10-7-5-6-8-11(10)21(19,20)17-12/h5-9H,1-4H3,(H,15,17)(H,16,18). The van der Waals surface area contributed by atoms with Crippen molar-refractivity contribution in [2.24, 2.45) is 4.99 Å². The Labute approximate surface area is 124 Å². The van der Waals surface area contributed by atoms with Crippen molar-refractivity contribution >= 4 is 21.8 Å². The van der Waals surface area contributed by atoms with E-state index < -0.39 is 16.1 Å². The number of amidine groups is 1. The van der Waals surface area contributed by atoms with E-state index >= 15 is 0 Å². The summed E-state index contributed by atoms with van der Waals surface area (Å²) < 4.78 is 26.3. The van der Waals surface area contributed by atoms with Gasteiger partial charge in [-0.25, -0.2) is 8.42 Å². The maximum atomic E-state index is 12.0. The molecule has 1 heterocycles. The number of sulfonamides is 1. The predicted molar refractivity (Wildman–Crippen MR) is 80.7 cm³/mol.